The van der Waals surface area contributed by atoms with Crippen molar-refractivity contribution in [3.8, 4) is 23.0 Å². The highest BCUT2D eigenvalue weighted by Crippen LogP contribution is 2.46. The molecule has 0 aliphatic carbocycles. The number of hydrogen-bond donors (Lipinski definition) is 0. The Labute approximate surface area is 277 Å². The molecule has 3 heterocycles. The first-order valence-electron chi connectivity index (χ1n) is 17.7. The van der Waals surface area contributed by atoms with Crippen molar-refractivity contribution >= 4 is 5.78 Å². The molecule has 46 heavy (non-hydrogen) atoms. The number of piperidine rings is 2. The second-order valence-electron chi connectivity index (χ2n) is 14.0. The van der Waals surface area contributed by atoms with E-state index in [9.17, 15) is 4.79 Å². The predicted molar refractivity (Wildman–Crippen MR) is 185 cm³/mol. The van der Waals surface area contributed by atoms with Gasteiger partial charge in [-0.2, -0.15) is 0 Å². The van der Waals surface area contributed by atoms with Crippen LogP contribution in [0.4, 0.5) is 0 Å². The maximum atomic E-state index is 13.7. The number of benzene rings is 2. The zero-order chi connectivity index (χ0) is 32.5. The molecule has 7 heteroatoms. The number of ketones is 1. The minimum Gasteiger partial charge on any atom is -0.496 e. The number of likely N-dealkylation sites (tertiary alicyclic amines) is 2. The average molecular weight is 633 g/mol. The van der Waals surface area contributed by atoms with E-state index in [0.29, 0.717) is 36.7 Å². The molecule has 0 bridgehead atoms. The summed E-state index contributed by atoms with van der Waals surface area (Å²) in [5, 5.41) is 0. The highest BCUT2D eigenvalue weighted by molar-refractivity contribution is 6.03. The van der Waals surface area contributed by atoms with Crippen LogP contribution in [0.2, 0.25) is 0 Å². The first-order chi connectivity index (χ1) is 22.3. The minimum absolute atomic E-state index is 0.0275. The Bertz CT molecular complexity index is 1320. The molecule has 0 N–H and O–H groups in total. The van der Waals surface area contributed by atoms with Crippen molar-refractivity contribution in [1.29, 1.82) is 0 Å². The predicted octanol–water partition coefficient (Wildman–Crippen LogP) is 7.91. The molecule has 3 atom stereocenters. The zero-order valence-corrected chi connectivity index (χ0v) is 28.9. The van der Waals surface area contributed by atoms with Crippen LogP contribution in [0.15, 0.2) is 42.0 Å². The van der Waals surface area contributed by atoms with E-state index in [1.807, 2.05) is 30.3 Å². The normalized spacial score (nSPS) is 22.1. The van der Waals surface area contributed by atoms with E-state index in [4.69, 9.17) is 18.9 Å². The fourth-order valence-corrected chi connectivity index (χ4v) is 7.18. The maximum absolute atomic E-state index is 13.7. The number of nitrogens with zero attached hydrogens (tertiary/aromatic N) is 2. The SMILES string of the molecule is COc1cc(OCCCN2CCCC(C)C2)c(CC=C(C)C)c2c1C(=O)CC(c1ccc(OCCCN3CCCC(C)C3)cc1)O2. The lowest BCUT2D eigenvalue weighted by atomic mass is 9.92. The van der Waals surface area contributed by atoms with Gasteiger partial charge in [0.05, 0.1) is 26.7 Å². The molecule has 7 nitrogen and oxygen atoms in total. The average Bonchev–Trinajstić information content (AvgIpc) is 3.04. The molecular formula is C39H56N2O5. The highest BCUT2D eigenvalue weighted by Gasteiger charge is 2.34. The van der Waals surface area contributed by atoms with Gasteiger partial charge in [0, 0.05) is 37.8 Å². The van der Waals surface area contributed by atoms with Gasteiger partial charge in [-0.1, -0.05) is 37.6 Å². The number of carbonyl (C=O) groups excluding carboxylic acids is 1. The smallest absolute Gasteiger partial charge is 0.174 e. The Balaban J connectivity index is 1.25. The van der Waals surface area contributed by atoms with Crippen LogP contribution in [-0.4, -0.2) is 75.2 Å². The Kier molecular flexibility index (Phi) is 12.4. The summed E-state index contributed by atoms with van der Waals surface area (Å²) in [6, 6.07) is 9.93. The van der Waals surface area contributed by atoms with Gasteiger partial charge in [0.1, 0.15) is 34.7 Å². The number of rotatable bonds is 14. The molecule has 2 saturated heterocycles. The third kappa shape index (κ3) is 9.28. The maximum Gasteiger partial charge on any atom is 0.174 e. The van der Waals surface area contributed by atoms with Crippen molar-refractivity contribution in [3.63, 3.8) is 0 Å². The van der Waals surface area contributed by atoms with Crippen LogP contribution < -0.4 is 18.9 Å². The first-order valence-corrected chi connectivity index (χ1v) is 17.7. The molecule has 5 rings (SSSR count). The van der Waals surface area contributed by atoms with Gasteiger partial charge in [-0.25, -0.2) is 0 Å². The molecule has 3 aliphatic rings. The number of Topliss-reactive ketones (excluding diaryl/α,β-unsaturated/α-hetero) is 1. The van der Waals surface area contributed by atoms with Gasteiger partial charge in [-0.3, -0.25) is 4.79 Å². The number of methoxy groups -OCH3 is 1. The van der Waals surface area contributed by atoms with E-state index in [1.165, 1.54) is 57.4 Å². The minimum atomic E-state index is -0.387. The van der Waals surface area contributed by atoms with Crippen LogP contribution in [0, 0.1) is 11.8 Å². The van der Waals surface area contributed by atoms with Crippen molar-refractivity contribution in [2.45, 2.75) is 85.2 Å². The van der Waals surface area contributed by atoms with Crippen LogP contribution in [0.25, 0.3) is 0 Å². The Hall–Kier alpha value is -3.03. The van der Waals surface area contributed by atoms with Crippen molar-refractivity contribution in [3.05, 3.63) is 58.7 Å². The van der Waals surface area contributed by atoms with Gasteiger partial charge >= 0.3 is 0 Å². The van der Waals surface area contributed by atoms with E-state index >= 15 is 0 Å². The van der Waals surface area contributed by atoms with E-state index in [2.05, 4.69) is 43.6 Å². The lowest BCUT2D eigenvalue weighted by molar-refractivity contribution is 0.0841. The Morgan fingerprint density at radius 3 is 2.13 bits per heavy atom. The quantitative estimate of drug-likeness (QED) is 0.155. The topological polar surface area (TPSA) is 60.5 Å². The van der Waals surface area contributed by atoms with Crippen LogP contribution in [0.5, 0.6) is 23.0 Å². The molecule has 0 saturated carbocycles. The summed E-state index contributed by atoms with van der Waals surface area (Å²) < 4.78 is 24.9. The molecule has 0 spiro atoms. The fourth-order valence-electron chi connectivity index (χ4n) is 7.18. The van der Waals surface area contributed by atoms with E-state index in [-0.39, 0.29) is 18.3 Å². The number of carbonyl (C=O) groups is 1. The van der Waals surface area contributed by atoms with Crippen molar-refractivity contribution in [1.82, 2.24) is 9.80 Å². The summed E-state index contributed by atoms with van der Waals surface area (Å²) in [5.74, 6) is 4.27. The van der Waals surface area contributed by atoms with E-state index in [1.54, 1.807) is 7.11 Å². The van der Waals surface area contributed by atoms with Gasteiger partial charge in [0.15, 0.2) is 5.78 Å². The van der Waals surface area contributed by atoms with E-state index < -0.39 is 0 Å². The first kappa shape index (κ1) is 34.3. The van der Waals surface area contributed by atoms with Gasteiger partial charge < -0.3 is 28.7 Å². The molecule has 2 aromatic rings. The lowest BCUT2D eigenvalue weighted by Gasteiger charge is -2.31. The third-order valence-electron chi connectivity index (χ3n) is 9.65. The van der Waals surface area contributed by atoms with Gasteiger partial charge in [-0.15, -0.1) is 0 Å². The molecule has 2 fully saturated rings. The summed E-state index contributed by atoms with van der Waals surface area (Å²) >= 11 is 0. The van der Waals surface area contributed by atoms with Crippen LogP contribution in [-0.2, 0) is 6.42 Å². The zero-order valence-electron chi connectivity index (χ0n) is 28.9. The lowest BCUT2D eigenvalue weighted by Crippen LogP contribution is -2.35. The van der Waals surface area contributed by atoms with Crippen molar-refractivity contribution < 1.29 is 23.7 Å². The van der Waals surface area contributed by atoms with Crippen molar-refractivity contribution in [2.75, 3.05) is 59.6 Å². The molecule has 3 unspecified atom stereocenters. The van der Waals surface area contributed by atoms with E-state index in [0.717, 1.165) is 60.4 Å². The number of ether oxygens (including phenoxy) is 4. The third-order valence-corrected chi connectivity index (χ3v) is 9.65. The van der Waals surface area contributed by atoms with Gasteiger partial charge in [-0.05, 0) is 101 Å². The van der Waals surface area contributed by atoms with Gasteiger partial charge in [0.25, 0.3) is 0 Å². The summed E-state index contributed by atoms with van der Waals surface area (Å²) in [4.78, 5) is 18.8. The van der Waals surface area contributed by atoms with Crippen LogP contribution in [0.3, 0.4) is 0 Å². The fraction of sp³-hybridized carbons (Fsp3) is 0.615. The number of fused-ring (bicyclic) bond motifs is 1. The molecule has 252 valence electrons. The number of allylic oxidation sites excluding steroid dienone is 2. The molecule has 0 amide bonds. The monoisotopic (exact) mass is 632 g/mol. The second-order valence-corrected chi connectivity index (χ2v) is 14.0. The summed E-state index contributed by atoms with van der Waals surface area (Å²) in [5.41, 5.74) is 3.59. The summed E-state index contributed by atoms with van der Waals surface area (Å²) in [6.07, 6.45) is 9.87. The molecule has 0 radical (unpaired) electrons. The summed E-state index contributed by atoms with van der Waals surface area (Å²) in [6.45, 7) is 17.0. The standard InChI is InChI=1S/C39H56N2O5/c1-28(2)12-17-33-36(45-23-9-21-41-19-7-11-30(4)27-41)25-37(43-5)38-34(42)24-35(46-39(33)38)31-13-15-32(16-14-31)44-22-8-20-40-18-6-10-29(3)26-40/h12-16,25,29-30,35H,6-11,17-24,26-27H2,1-5H3. The van der Waals surface area contributed by atoms with Crippen molar-refractivity contribution in [2.24, 2.45) is 11.8 Å². The largest absolute Gasteiger partial charge is 0.496 e. The molecular weight excluding hydrogens is 576 g/mol. The number of hydrogen-bond acceptors (Lipinski definition) is 7. The van der Waals surface area contributed by atoms with Gasteiger partial charge in [0.2, 0.25) is 0 Å². The molecule has 3 aliphatic heterocycles. The van der Waals surface area contributed by atoms with Crippen LogP contribution in [0.1, 0.15) is 100 Å². The van der Waals surface area contributed by atoms with Crippen LogP contribution >= 0.6 is 0 Å². The Morgan fingerprint density at radius 2 is 1.54 bits per heavy atom. The second kappa shape index (κ2) is 16.7. The Morgan fingerprint density at radius 1 is 0.913 bits per heavy atom. The molecule has 2 aromatic carbocycles. The molecule has 0 aromatic heterocycles. The highest BCUT2D eigenvalue weighted by atomic mass is 16.5. The summed E-state index contributed by atoms with van der Waals surface area (Å²) in [7, 11) is 1.61.